The van der Waals surface area contributed by atoms with E-state index in [1.807, 2.05) is 12.1 Å². The number of nitrogens with zero attached hydrogens (tertiary/aromatic N) is 4. The zero-order valence-corrected chi connectivity index (χ0v) is 15.5. The molecule has 0 amide bonds. The lowest BCUT2D eigenvalue weighted by molar-refractivity contribution is 0.0189. The highest BCUT2D eigenvalue weighted by Gasteiger charge is 2.48. The van der Waals surface area contributed by atoms with Crippen LogP contribution < -0.4 is 15.4 Å². The van der Waals surface area contributed by atoms with Crippen molar-refractivity contribution >= 4 is 5.82 Å². The number of nitrogens with one attached hydrogen (secondary N) is 2. The third-order valence-corrected chi connectivity index (χ3v) is 6.08. The van der Waals surface area contributed by atoms with Gasteiger partial charge in [-0.15, -0.1) is 0 Å². The number of hydrogen-bond donors (Lipinski definition) is 2. The van der Waals surface area contributed by atoms with Gasteiger partial charge in [-0.25, -0.2) is 9.97 Å². The summed E-state index contributed by atoms with van der Waals surface area (Å²) >= 11 is 0. The fraction of sp³-hybridized carbons (Fsp3) is 0.450. The number of piperidine rings is 3. The number of methoxy groups -OCH3 is 1. The Kier molecular flexibility index (Phi) is 3.97. The summed E-state index contributed by atoms with van der Waals surface area (Å²) in [4.78, 5) is 15.8. The number of aromatic nitrogens is 3. The van der Waals surface area contributed by atoms with E-state index in [2.05, 4.69) is 36.6 Å². The van der Waals surface area contributed by atoms with E-state index in [4.69, 9.17) is 4.74 Å². The average molecular weight is 364 g/mol. The normalized spacial score (nSPS) is 28.7. The number of ether oxygens (including phenoxy) is 1. The van der Waals surface area contributed by atoms with Crippen LogP contribution in [0.2, 0.25) is 0 Å². The van der Waals surface area contributed by atoms with E-state index >= 15 is 0 Å². The summed E-state index contributed by atoms with van der Waals surface area (Å²) in [5.74, 6) is 3.16. The number of anilines is 1. The first kappa shape index (κ1) is 16.5. The van der Waals surface area contributed by atoms with Gasteiger partial charge < -0.3 is 20.3 Å². The Balaban J connectivity index is 1.25. The minimum atomic E-state index is 0.209. The van der Waals surface area contributed by atoms with Gasteiger partial charge in [0.15, 0.2) is 0 Å². The largest absolute Gasteiger partial charge is 0.481 e. The third kappa shape index (κ3) is 3.02. The fourth-order valence-corrected chi connectivity index (χ4v) is 4.61. The topological polar surface area (TPSA) is 75.2 Å². The number of hydrogen-bond acceptors (Lipinski definition) is 7. The van der Waals surface area contributed by atoms with E-state index in [1.54, 1.807) is 25.7 Å². The van der Waals surface area contributed by atoms with Gasteiger partial charge in [-0.1, -0.05) is 0 Å². The molecule has 27 heavy (non-hydrogen) atoms. The maximum Gasteiger partial charge on any atom is 0.212 e. The van der Waals surface area contributed by atoms with Crippen LogP contribution in [0.15, 0.2) is 42.6 Å². The molecule has 4 aliphatic rings. The van der Waals surface area contributed by atoms with Crippen molar-refractivity contribution in [3.63, 3.8) is 0 Å². The summed E-state index contributed by atoms with van der Waals surface area (Å²) < 4.78 is 5.09. The first-order valence-corrected chi connectivity index (χ1v) is 9.54. The van der Waals surface area contributed by atoms with Crippen LogP contribution in [0.1, 0.15) is 19.3 Å². The highest BCUT2D eigenvalue weighted by Crippen LogP contribution is 2.41. The maximum absolute atomic E-state index is 5.09. The van der Waals surface area contributed by atoms with Crippen LogP contribution in [0.5, 0.6) is 5.88 Å². The SMILES string of the molecule is COc1ccc(-c2cnc(NC3=CC[C@@]4(CN5CCC4CC5)N3)cn2)cn1. The lowest BCUT2D eigenvalue weighted by atomic mass is 9.72. The summed E-state index contributed by atoms with van der Waals surface area (Å²) in [6, 6.07) is 3.75. The molecule has 0 aliphatic carbocycles. The van der Waals surface area contributed by atoms with Crippen LogP contribution >= 0.6 is 0 Å². The van der Waals surface area contributed by atoms with Gasteiger partial charge in [-0.3, -0.25) is 4.98 Å². The van der Waals surface area contributed by atoms with Crippen molar-refractivity contribution in [1.29, 1.82) is 0 Å². The summed E-state index contributed by atoms with van der Waals surface area (Å²) in [5.41, 5.74) is 1.92. The lowest BCUT2D eigenvalue weighted by Crippen LogP contribution is -2.64. The molecule has 6 heterocycles. The zero-order valence-electron chi connectivity index (χ0n) is 15.5. The van der Waals surface area contributed by atoms with Crippen LogP contribution in [0.25, 0.3) is 11.3 Å². The first-order chi connectivity index (χ1) is 13.2. The standard InChI is InChI=1S/C20H24N6O/c1-27-19-3-2-14(10-23-19)16-11-22-18(12-21-16)24-17-4-7-20(25-17)13-26-8-5-15(20)6-9-26/h2-4,10-12,15,25H,5-9,13H2,1H3,(H,22,24)/t20-/m0/s1. The van der Waals surface area contributed by atoms with Crippen LogP contribution in [0, 0.1) is 5.92 Å². The molecule has 3 saturated heterocycles. The summed E-state index contributed by atoms with van der Waals surface area (Å²) in [7, 11) is 1.61. The number of pyridine rings is 1. The van der Waals surface area contributed by atoms with Gasteiger partial charge in [0.25, 0.3) is 0 Å². The third-order valence-electron chi connectivity index (χ3n) is 6.08. The second-order valence-electron chi connectivity index (χ2n) is 7.65. The predicted molar refractivity (Wildman–Crippen MR) is 103 cm³/mol. The van der Waals surface area contributed by atoms with Crippen LogP contribution in [0.4, 0.5) is 5.82 Å². The Morgan fingerprint density at radius 1 is 1.15 bits per heavy atom. The van der Waals surface area contributed by atoms with E-state index in [0.29, 0.717) is 5.88 Å². The van der Waals surface area contributed by atoms with Gasteiger partial charge >= 0.3 is 0 Å². The van der Waals surface area contributed by atoms with Crippen molar-refractivity contribution in [3.05, 3.63) is 42.6 Å². The maximum atomic E-state index is 5.09. The Hall–Kier alpha value is -2.67. The molecular weight excluding hydrogens is 340 g/mol. The summed E-state index contributed by atoms with van der Waals surface area (Å²) in [6.07, 6.45) is 11.2. The monoisotopic (exact) mass is 364 g/mol. The molecule has 3 fully saturated rings. The van der Waals surface area contributed by atoms with E-state index in [0.717, 1.165) is 41.8 Å². The number of fused-ring (bicyclic) bond motifs is 2. The Morgan fingerprint density at radius 2 is 2.04 bits per heavy atom. The minimum Gasteiger partial charge on any atom is -0.481 e. The molecule has 140 valence electrons. The smallest absolute Gasteiger partial charge is 0.212 e. The van der Waals surface area contributed by atoms with Gasteiger partial charge in [-0.05, 0) is 50.4 Å². The van der Waals surface area contributed by atoms with Gasteiger partial charge in [0.1, 0.15) is 11.6 Å². The molecule has 6 rings (SSSR count). The molecule has 7 nitrogen and oxygen atoms in total. The van der Waals surface area contributed by atoms with Crippen molar-refractivity contribution in [2.24, 2.45) is 5.92 Å². The summed E-state index contributed by atoms with van der Waals surface area (Å²) in [5, 5.41) is 7.15. The second kappa shape index (κ2) is 6.49. The molecule has 4 aliphatic heterocycles. The molecular formula is C20H24N6O. The molecule has 7 heteroatoms. The van der Waals surface area contributed by atoms with Gasteiger partial charge in [0, 0.05) is 24.4 Å². The van der Waals surface area contributed by atoms with Crippen LogP contribution in [-0.4, -0.2) is 52.1 Å². The Morgan fingerprint density at radius 3 is 2.67 bits per heavy atom. The second-order valence-corrected chi connectivity index (χ2v) is 7.65. The fourth-order valence-electron chi connectivity index (χ4n) is 4.61. The molecule has 0 radical (unpaired) electrons. The molecule has 1 atom stereocenters. The van der Waals surface area contributed by atoms with Crippen molar-refractivity contribution < 1.29 is 4.74 Å². The van der Waals surface area contributed by atoms with Crippen LogP contribution in [-0.2, 0) is 0 Å². The van der Waals surface area contributed by atoms with Gasteiger partial charge in [0.05, 0.1) is 30.7 Å². The molecule has 0 saturated carbocycles. The van der Waals surface area contributed by atoms with Crippen molar-refractivity contribution in [2.45, 2.75) is 24.8 Å². The van der Waals surface area contributed by atoms with Crippen molar-refractivity contribution in [3.8, 4) is 17.1 Å². The van der Waals surface area contributed by atoms with E-state index in [9.17, 15) is 0 Å². The predicted octanol–water partition coefficient (Wildman–Crippen LogP) is 2.26. The minimum absolute atomic E-state index is 0.209. The number of rotatable bonds is 4. The zero-order chi connectivity index (χ0) is 18.3. The molecule has 1 spiro atoms. The highest BCUT2D eigenvalue weighted by atomic mass is 16.5. The van der Waals surface area contributed by atoms with Crippen molar-refractivity contribution in [1.82, 2.24) is 25.2 Å². The van der Waals surface area contributed by atoms with E-state index < -0.39 is 0 Å². The van der Waals surface area contributed by atoms with Crippen molar-refractivity contribution in [2.75, 3.05) is 32.1 Å². The van der Waals surface area contributed by atoms with Gasteiger partial charge in [-0.2, -0.15) is 0 Å². The highest BCUT2D eigenvalue weighted by molar-refractivity contribution is 5.58. The quantitative estimate of drug-likeness (QED) is 0.862. The first-order valence-electron chi connectivity index (χ1n) is 9.54. The molecule has 2 aromatic rings. The van der Waals surface area contributed by atoms with Gasteiger partial charge in [0.2, 0.25) is 5.88 Å². The lowest BCUT2D eigenvalue weighted by Gasteiger charge is -2.52. The van der Waals surface area contributed by atoms with E-state index in [1.165, 1.54) is 25.9 Å². The average Bonchev–Trinajstić information content (AvgIpc) is 3.11. The molecule has 2 bridgehead atoms. The van der Waals surface area contributed by atoms with Crippen LogP contribution in [0.3, 0.4) is 0 Å². The van der Waals surface area contributed by atoms with E-state index in [-0.39, 0.29) is 5.54 Å². The molecule has 2 aromatic heterocycles. The summed E-state index contributed by atoms with van der Waals surface area (Å²) in [6.45, 7) is 3.66. The Bertz CT molecular complexity index is 842. The molecule has 0 unspecified atom stereocenters. The molecule has 2 N–H and O–H groups in total. The Labute approximate surface area is 158 Å². The molecule has 0 aromatic carbocycles.